The van der Waals surface area contributed by atoms with Crippen LogP contribution in [0.25, 0.3) is 5.78 Å². The summed E-state index contributed by atoms with van der Waals surface area (Å²) in [5.74, 6) is 0.648. The van der Waals surface area contributed by atoms with Crippen LogP contribution < -0.4 is 5.32 Å². The second kappa shape index (κ2) is 10.2. The predicted molar refractivity (Wildman–Crippen MR) is 126 cm³/mol. The van der Waals surface area contributed by atoms with Gasteiger partial charge in [-0.25, -0.2) is 9.50 Å². The van der Waals surface area contributed by atoms with Crippen LogP contribution in [0.5, 0.6) is 0 Å². The highest BCUT2D eigenvalue weighted by molar-refractivity contribution is 7.98. The van der Waals surface area contributed by atoms with Gasteiger partial charge in [0.2, 0.25) is 11.1 Å². The molecular weight excluding hydrogens is 408 g/mol. The average Bonchev–Trinajstić information content (AvgIpc) is 3.17. The third kappa shape index (κ3) is 5.43. The van der Waals surface area contributed by atoms with E-state index in [9.17, 15) is 4.79 Å². The van der Waals surface area contributed by atoms with Gasteiger partial charge in [0.1, 0.15) is 0 Å². The summed E-state index contributed by atoms with van der Waals surface area (Å²) in [6, 6.07) is 8.77. The molecule has 7 nitrogen and oxygen atoms in total. The van der Waals surface area contributed by atoms with E-state index in [1.807, 2.05) is 34.2 Å². The maximum Gasteiger partial charge on any atom is 0.253 e. The number of aromatic nitrogens is 4. The molecule has 3 rings (SSSR count). The highest BCUT2D eigenvalue weighted by Gasteiger charge is 2.17. The smallest absolute Gasteiger partial charge is 0.253 e. The number of amides is 1. The van der Waals surface area contributed by atoms with Crippen LogP contribution in [-0.4, -0.2) is 57.3 Å². The van der Waals surface area contributed by atoms with Gasteiger partial charge < -0.3 is 10.2 Å². The molecule has 1 atom stereocenters. The van der Waals surface area contributed by atoms with Gasteiger partial charge in [0, 0.05) is 24.4 Å². The van der Waals surface area contributed by atoms with Crippen LogP contribution in [0.3, 0.4) is 0 Å². The summed E-state index contributed by atoms with van der Waals surface area (Å²) in [5.41, 5.74) is 5.48. The molecule has 0 saturated carbocycles. The second-order valence-electron chi connectivity index (χ2n) is 7.95. The van der Waals surface area contributed by atoms with Gasteiger partial charge in [-0.15, -0.1) is 5.10 Å². The van der Waals surface area contributed by atoms with E-state index in [0.29, 0.717) is 30.3 Å². The molecule has 166 valence electrons. The number of aryl methyl sites for hydroxylation is 3. The highest BCUT2D eigenvalue weighted by atomic mass is 32.2. The molecule has 0 aliphatic carbocycles. The molecule has 2 aromatic heterocycles. The standard InChI is InChI=1S/C23H32N6OS/c1-7-17-8-10-18(11-9-17)20(28(4)5)14-24-21(30)13-12-19-15(2)25-22-26-23(31-6)27-29(22)16(19)3/h8-11,20H,7,12-14H2,1-6H3,(H,24,30)/t20-/m1/s1. The van der Waals surface area contributed by atoms with Gasteiger partial charge in [-0.2, -0.15) is 4.98 Å². The molecule has 2 heterocycles. The van der Waals surface area contributed by atoms with Crippen molar-refractivity contribution in [1.29, 1.82) is 0 Å². The van der Waals surface area contributed by atoms with E-state index in [0.717, 1.165) is 23.4 Å². The van der Waals surface area contributed by atoms with Gasteiger partial charge in [-0.3, -0.25) is 4.79 Å². The number of hydrogen-bond acceptors (Lipinski definition) is 6. The van der Waals surface area contributed by atoms with Crippen molar-refractivity contribution in [2.45, 2.75) is 51.2 Å². The number of carbonyl (C=O) groups is 1. The van der Waals surface area contributed by atoms with Crippen molar-refractivity contribution < 1.29 is 4.79 Å². The Labute approximate surface area is 188 Å². The molecule has 8 heteroatoms. The van der Waals surface area contributed by atoms with E-state index in [2.05, 4.69) is 56.5 Å². The lowest BCUT2D eigenvalue weighted by atomic mass is 10.0. The third-order valence-electron chi connectivity index (χ3n) is 5.70. The van der Waals surface area contributed by atoms with Crippen LogP contribution in [0.4, 0.5) is 0 Å². The van der Waals surface area contributed by atoms with Gasteiger partial charge in [0.05, 0.1) is 6.04 Å². The Balaban J connectivity index is 1.63. The molecule has 0 aliphatic rings. The number of benzene rings is 1. The van der Waals surface area contributed by atoms with Gasteiger partial charge >= 0.3 is 0 Å². The molecule has 0 aliphatic heterocycles. The first kappa shape index (κ1) is 23.2. The summed E-state index contributed by atoms with van der Waals surface area (Å²) in [5, 5.41) is 8.30. The van der Waals surface area contributed by atoms with Crippen LogP contribution in [-0.2, 0) is 17.6 Å². The largest absolute Gasteiger partial charge is 0.354 e. The molecule has 0 saturated heterocycles. The van der Waals surface area contributed by atoms with Crippen molar-refractivity contribution in [1.82, 2.24) is 29.8 Å². The number of likely N-dealkylation sites (N-methyl/N-ethyl adjacent to an activating group) is 1. The molecular formula is C23H32N6OS. The SMILES string of the molecule is CCc1ccc([C@@H](CNC(=O)CCc2c(C)nc3nc(SC)nn3c2C)N(C)C)cc1. The number of fused-ring (bicyclic) bond motifs is 1. The quantitative estimate of drug-likeness (QED) is 0.514. The van der Waals surface area contributed by atoms with Crippen molar-refractivity contribution in [3.63, 3.8) is 0 Å². The molecule has 31 heavy (non-hydrogen) atoms. The number of carbonyl (C=O) groups excluding carboxylic acids is 1. The van der Waals surface area contributed by atoms with Crippen LogP contribution in [0.1, 0.15) is 47.5 Å². The first-order valence-electron chi connectivity index (χ1n) is 10.6. The fraction of sp³-hybridized carbons (Fsp3) is 0.478. The molecule has 0 bridgehead atoms. The van der Waals surface area contributed by atoms with E-state index in [4.69, 9.17) is 0 Å². The minimum absolute atomic E-state index is 0.0410. The van der Waals surface area contributed by atoms with Crippen LogP contribution in [0, 0.1) is 13.8 Å². The van der Waals surface area contributed by atoms with Gasteiger partial charge in [0.15, 0.2) is 0 Å². The molecule has 1 N–H and O–H groups in total. The van der Waals surface area contributed by atoms with E-state index < -0.39 is 0 Å². The lowest BCUT2D eigenvalue weighted by molar-refractivity contribution is -0.121. The zero-order chi connectivity index (χ0) is 22.5. The Hall–Kier alpha value is -2.45. The Kier molecular flexibility index (Phi) is 7.67. The number of nitrogens with zero attached hydrogens (tertiary/aromatic N) is 5. The lowest BCUT2D eigenvalue weighted by Crippen LogP contribution is -2.34. The Morgan fingerprint density at radius 1 is 1.19 bits per heavy atom. The maximum absolute atomic E-state index is 12.6. The first-order chi connectivity index (χ1) is 14.8. The van der Waals surface area contributed by atoms with Crippen molar-refractivity contribution in [2.24, 2.45) is 0 Å². The first-order valence-corrected chi connectivity index (χ1v) is 11.8. The monoisotopic (exact) mass is 440 g/mol. The maximum atomic E-state index is 12.6. The summed E-state index contributed by atoms with van der Waals surface area (Å²) < 4.78 is 1.77. The van der Waals surface area contributed by atoms with Crippen molar-refractivity contribution in [2.75, 3.05) is 26.9 Å². The van der Waals surface area contributed by atoms with Crippen LogP contribution in [0.15, 0.2) is 29.4 Å². The zero-order valence-corrected chi connectivity index (χ0v) is 20.1. The Bertz CT molecular complexity index is 1040. The normalized spacial score (nSPS) is 12.5. The van der Waals surface area contributed by atoms with E-state index in [-0.39, 0.29) is 11.9 Å². The minimum Gasteiger partial charge on any atom is -0.354 e. The number of rotatable bonds is 9. The summed E-state index contributed by atoms with van der Waals surface area (Å²) in [4.78, 5) is 23.7. The summed E-state index contributed by atoms with van der Waals surface area (Å²) in [7, 11) is 4.08. The topological polar surface area (TPSA) is 75.4 Å². The Morgan fingerprint density at radius 2 is 1.90 bits per heavy atom. The summed E-state index contributed by atoms with van der Waals surface area (Å²) in [6.45, 7) is 6.71. The van der Waals surface area contributed by atoms with Gasteiger partial charge in [0.25, 0.3) is 5.78 Å². The third-order valence-corrected chi connectivity index (χ3v) is 6.24. The van der Waals surface area contributed by atoms with Gasteiger partial charge in [-0.1, -0.05) is 43.0 Å². The summed E-state index contributed by atoms with van der Waals surface area (Å²) >= 11 is 1.49. The predicted octanol–water partition coefficient (Wildman–Crippen LogP) is 3.38. The second-order valence-corrected chi connectivity index (χ2v) is 8.72. The molecule has 1 amide bonds. The number of nitrogens with one attached hydrogen (secondary N) is 1. The highest BCUT2D eigenvalue weighted by Crippen LogP contribution is 2.20. The molecule has 3 aromatic rings. The average molecular weight is 441 g/mol. The summed E-state index contributed by atoms with van der Waals surface area (Å²) in [6.07, 6.45) is 4.00. The van der Waals surface area contributed by atoms with Gasteiger partial charge in [-0.05, 0) is 63.7 Å². The molecule has 0 unspecified atom stereocenters. The fourth-order valence-electron chi connectivity index (χ4n) is 3.75. The van der Waals surface area contributed by atoms with Crippen molar-refractivity contribution >= 4 is 23.4 Å². The molecule has 0 fully saturated rings. The van der Waals surface area contributed by atoms with E-state index >= 15 is 0 Å². The van der Waals surface area contributed by atoms with E-state index in [1.54, 1.807) is 4.52 Å². The fourth-order valence-corrected chi connectivity index (χ4v) is 4.09. The minimum atomic E-state index is 0.0410. The van der Waals surface area contributed by atoms with Crippen molar-refractivity contribution in [3.05, 3.63) is 52.3 Å². The molecule has 1 aromatic carbocycles. The number of thioether (sulfide) groups is 1. The van der Waals surface area contributed by atoms with E-state index in [1.165, 1.54) is 22.9 Å². The van der Waals surface area contributed by atoms with Crippen LogP contribution >= 0.6 is 11.8 Å². The zero-order valence-electron chi connectivity index (χ0n) is 19.3. The Morgan fingerprint density at radius 3 is 2.52 bits per heavy atom. The molecule has 0 radical (unpaired) electrons. The number of hydrogen-bond donors (Lipinski definition) is 1. The lowest BCUT2D eigenvalue weighted by Gasteiger charge is -2.25. The van der Waals surface area contributed by atoms with Crippen LogP contribution in [0.2, 0.25) is 0 Å². The van der Waals surface area contributed by atoms with Crippen molar-refractivity contribution in [3.8, 4) is 0 Å². The molecule has 0 spiro atoms.